The van der Waals surface area contributed by atoms with E-state index >= 15 is 0 Å². The standard InChI is InChI=1S/C9H14O3/c1-9(2,3)12-8(10)7-5-4-6-11-7/h4-5,7H,6H2,1-3H3. The smallest absolute Gasteiger partial charge is 0.339 e. The van der Waals surface area contributed by atoms with Gasteiger partial charge >= 0.3 is 5.97 Å². The lowest BCUT2D eigenvalue weighted by Gasteiger charge is -2.21. The van der Waals surface area contributed by atoms with Gasteiger partial charge in [-0.1, -0.05) is 6.08 Å². The Hall–Kier alpha value is -0.830. The zero-order valence-electron chi connectivity index (χ0n) is 7.66. The Bertz CT molecular complexity index is 200. The molecule has 1 unspecified atom stereocenters. The summed E-state index contributed by atoms with van der Waals surface area (Å²) in [4.78, 5) is 11.3. The van der Waals surface area contributed by atoms with E-state index in [2.05, 4.69) is 0 Å². The molecule has 0 fully saturated rings. The molecule has 3 nitrogen and oxygen atoms in total. The van der Waals surface area contributed by atoms with Gasteiger partial charge in [0.2, 0.25) is 0 Å². The SMILES string of the molecule is CC(C)(C)OC(=O)C1C=CCO1. The van der Waals surface area contributed by atoms with Crippen LogP contribution in [0, 0.1) is 0 Å². The van der Waals surface area contributed by atoms with Gasteiger partial charge in [0.15, 0.2) is 6.10 Å². The minimum atomic E-state index is -0.496. The molecular formula is C9H14O3. The fourth-order valence-corrected chi connectivity index (χ4v) is 0.900. The third kappa shape index (κ3) is 2.66. The molecule has 0 aromatic carbocycles. The average molecular weight is 170 g/mol. The Morgan fingerprint density at radius 2 is 2.25 bits per heavy atom. The Morgan fingerprint density at radius 1 is 1.58 bits per heavy atom. The number of carbonyl (C=O) groups excluding carboxylic acids is 1. The van der Waals surface area contributed by atoms with Crippen LogP contribution in [-0.4, -0.2) is 24.3 Å². The Morgan fingerprint density at radius 3 is 2.67 bits per heavy atom. The highest BCUT2D eigenvalue weighted by Gasteiger charge is 2.25. The summed E-state index contributed by atoms with van der Waals surface area (Å²) < 4.78 is 10.2. The zero-order valence-corrected chi connectivity index (χ0v) is 7.66. The molecule has 3 heteroatoms. The van der Waals surface area contributed by atoms with Gasteiger partial charge in [-0.05, 0) is 26.8 Å². The summed E-state index contributed by atoms with van der Waals surface area (Å²) in [6.07, 6.45) is 3.03. The van der Waals surface area contributed by atoms with Gasteiger partial charge in [-0.25, -0.2) is 4.79 Å². The van der Waals surface area contributed by atoms with Crippen LogP contribution < -0.4 is 0 Å². The van der Waals surface area contributed by atoms with Crippen molar-refractivity contribution in [1.29, 1.82) is 0 Å². The number of carbonyl (C=O) groups is 1. The highest BCUT2D eigenvalue weighted by Crippen LogP contribution is 2.12. The lowest BCUT2D eigenvalue weighted by Crippen LogP contribution is -2.31. The van der Waals surface area contributed by atoms with Crippen molar-refractivity contribution in [3.05, 3.63) is 12.2 Å². The number of rotatable bonds is 1. The summed E-state index contributed by atoms with van der Waals surface area (Å²) in [6, 6.07) is 0. The van der Waals surface area contributed by atoms with E-state index in [0.29, 0.717) is 6.61 Å². The molecule has 12 heavy (non-hydrogen) atoms. The summed E-state index contributed by atoms with van der Waals surface area (Å²) in [5, 5.41) is 0. The topological polar surface area (TPSA) is 35.5 Å². The molecule has 1 aliphatic rings. The number of hydrogen-bond donors (Lipinski definition) is 0. The van der Waals surface area contributed by atoms with Crippen LogP contribution >= 0.6 is 0 Å². The Kier molecular flexibility index (Phi) is 2.52. The molecule has 1 atom stereocenters. The maximum absolute atomic E-state index is 11.3. The largest absolute Gasteiger partial charge is 0.458 e. The zero-order chi connectivity index (χ0) is 9.19. The third-order valence-electron chi connectivity index (χ3n) is 1.32. The lowest BCUT2D eigenvalue weighted by molar-refractivity contribution is -0.163. The van der Waals surface area contributed by atoms with E-state index in [0.717, 1.165) is 0 Å². The first-order valence-electron chi connectivity index (χ1n) is 4.00. The van der Waals surface area contributed by atoms with Crippen molar-refractivity contribution in [2.75, 3.05) is 6.61 Å². The number of hydrogen-bond acceptors (Lipinski definition) is 3. The monoisotopic (exact) mass is 170 g/mol. The van der Waals surface area contributed by atoms with E-state index < -0.39 is 11.7 Å². The first kappa shape index (κ1) is 9.26. The van der Waals surface area contributed by atoms with Crippen molar-refractivity contribution in [2.45, 2.75) is 32.5 Å². The number of ether oxygens (including phenoxy) is 2. The molecule has 1 rings (SSSR count). The molecule has 0 aromatic heterocycles. The van der Waals surface area contributed by atoms with Crippen molar-refractivity contribution in [3.63, 3.8) is 0 Å². The second-order valence-electron chi connectivity index (χ2n) is 3.72. The van der Waals surface area contributed by atoms with Gasteiger partial charge in [0.05, 0.1) is 6.61 Å². The van der Waals surface area contributed by atoms with Crippen LogP contribution in [-0.2, 0) is 14.3 Å². The number of esters is 1. The van der Waals surface area contributed by atoms with Crippen LogP contribution in [0.2, 0.25) is 0 Å². The van der Waals surface area contributed by atoms with Crippen LogP contribution in [0.4, 0.5) is 0 Å². The van der Waals surface area contributed by atoms with Gasteiger partial charge < -0.3 is 9.47 Å². The van der Waals surface area contributed by atoms with Gasteiger partial charge in [0, 0.05) is 0 Å². The molecule has 0 radical (unpaired) electrons. The summed E-state index contributed by atoms with van der Waals surface area (Å²) >= 11 is 0. The molecule has 0 N–H and O–H groups in total. The third-order valence-corrected chi connectivity index (χ3v) is 1.32. The van der Waals surface area contributed by atoms with Crippen molar-refractivity contribution >= 4 is 5.97 Å². The summed E-state index contributed by atoms with van der Waals surface area (Å²) in [7, 11) is 0. The molecule has 68 valence electrons. The van der Waals surface area contributed by atoms with Gasteiger partial charge in [0.25, 0.3) is 0 Å². The molecular weight excluding hydrogens is 156 g/mol. The van der Waals surface area contributed by atoms with Crippen molar-refractivity contribution in [2.24, 2.45) is 0 Å². The molecule has 1 heterocycles. The highest BCUT2D eigenvalue weighted by molar-refractivity contribution is 5.77. The molecule has 0 spiro atoms. The van der Waals surface area contributed by atoms with Gasteiger partial charge in [-0.15, -0.1) is 0 Å². The van der Waals surface area contributed by atoms with Crippen LogP contribution in [0.5, 0.6) is 0 Å². The second-order valence-corrected chi connectivity index (χ2v) is 3.72. The minimum absolute atomic E-state index is 0.309. The maximum Gasteiger partial charge on any atom is 0.339 e. The maximum atomic E-state index is 11.3. The van der Waals surface area contributed by atoms with Crippen molar-refractivity contribution < 1.29 is 14.3 Å². The fourth-order valence-electron chi connectivity index (χ4n) is 0.900. The molecule has 0 aromatic rings. The fraction of sp³-hybridized carbons (Fsp3) is 0.667. The molecule has 0 saturated carbocycles. The molecule has 0 amide bonds. The van der Waals surface area contributed by atoms with Crippen LogP contribution in [0.3, 0.4) is 0 Å². The predicted octanol–water partition coefficient (Wildman–Crippen LogP) is 1.28. The summed E-state index contributed by atoms with van der Waals surface area (Å²) in [6.45, 7) is 6.01. The molecule has 0 aliphatic carbocycles. The van der Waals surface area contributed by atoms with Crippen molar-refractivity contribution in [3.8, 4) is 0 Å². The van der Waals surface area contributed by atoms with E-state index in [1.165, 1.54) is 0 Å². The first-order chi connectivity index (χ1) is 5.49. The van der Waals surface area contributed by atoms with Crippen LogP contribution in [0.1, 0.15) is 20.8 Å². The van der Waals surface area contributed by atoms with E-state index in [1.807, 2.05) is 26.8 Å². The molecule has 0 bridgehead atoms. The van der Waals surface area contributed by atoms with E-state index in [1.54, 1.807) is 6.08 Å². The molecule has 1 aliphatic heterocycles. The average Bonchev–Trinajstić information content (AvgIpc) is 2.32. The van der Waals surface area contributed by atoms with Gasteiger partial charge in [-0.3, -0.25) is 0 Å². The predicted molar refractivity (Wildman–Crippen MR) is 44.7 cm³/mol. The molecule has 0 saturated heterocycles. The highest BCUT2D eigenvalue weighted by atomic mass is 16.6. The summed E-state index contributed by atoms with van der Waals surface area (Å²) in [5.74, 6) is -0.309. The van der Waals surface area contributed by atoms with E-state index in [9.17, 15) is 4.79 Å². The summed E-state index contributed by atoms with van der Waals surface area (Å²) in [5.41, 5.74) is -0.434. The lowest BCUT2D eigenvalue weighted by atomic mass is 10.2. The van der Waals surface area contributed by atoms with Crippen LogP contribution in [0.15, 0.2) is 12.2 Å². The Labute approximate surface area is 72.4 Å². The van der Waals surface area contributed by atoms with Crippen LogP contribution in [0.25, 0.3) is 0 Å². The van der Waals surface area contributed by atoms with Crippen molar-refractivity contribution in [1.82, 2.24) is 0 Å². The quantitative estimate of drug-likeness (QED) is 0.439. The van der Waals surface area contributed by atoms with E-state index in [4.69, 9.17) is 9.47 Å². The normalized spacial score (nSPS) is 22.8. The second kappa shape index (κ2) is 3.27. The van der Waals surface area contributed by atoms with Gasteiger partial charge in [-0.2, -0.15) is 0 Å². The van der Waals surface area contributed by atoms with Gasteiger partial charge in [0.1, 0.15) is 5.60 Å². The minimum Gasteiger partial charge on any atom is -0.458 e. The van der Waals surface area contributed by atoms with E-state index in [-0.39, 0.29) is 5.97 Å². The Balaban J connectivity index is 2.43. The first-order valence-corrected chi connectivity index (χ1v) is 4.00.